The van der Waals surface area contributed by atoms with Crippen molar-refractivity contribution >= 4 is 11.8 Å². The van der Waals surface area contributed by atoms with Crippen molar-refractivity contribution < 1.29 is 14.3 Å². The van der Waals surface area contributed by atoms with Crippen LogP contribution in [0.3, 0.4) is 0 Å². The summed E-state index contributed by atoms with van der Waals surface area (Å²) in [7, 11) is 3.76. The van der Waals surface area contributed by atoms with Crippen LogP contribution in [-0.4, -0.2) is 73.5 Å². The molecule has 0 spiro atoms. The van der Waals surface area contributed by atoms with Gasteiger partial charge in [-0.3, -0.25) is 19.4 Å². The Morgan fingerprint density at radius 2 is 2.00 bits per heavy atom. The van der Waals surface area contributed by atoms with Crippen molar-refractivity contribution in [2.45, 2.75) is 56.8 Å². The average molecular weight is 415 g/mol. The van der Waals surface area contributed by atoms with Gasteiger partial charge >= 0.3 is 0 Å². The van der Waals surface area contributed by atoms with Gasteiger partial charge in [0.2, 0.25) is 11.8 Å². The summed E-state index contributed by atoms with van der Waals surface area (Å²) >= 11 is 0. The second-order valence-electron chi connectivity index (χ2n) is 8.97. The number of amides is 2. The number of ether oxygens (including phenoxy) is 1. The molecule has 3 fully saturated rings. The van der Waals surface area contributed by atoms with E-state index < -0.39 is 0 Å². The summed E-state index contributed by atoms with van der Waals surface area (Å²) in [5.41, 5.74) is 1.05. The maximum atomic E-state index is 12.8. The van der Waals surface area contributed by atoms with Gasteiger partial charge in [0.25, 0.3) is 0 Å². The van der Waals surface area contributed by atoms with Gasteiger partial charge < -0.3 is 15.4 Å². The lowest BCUT2D eigenvalue weighted by atomic mass is 10.0. The highest BCUT2D eigenvalue weighted by molar-refractivity contribution is 5.83. The number of fused-ring (bicyclic) bond motifs is 1. The van der Waals surface area contributed by atoms with Gasteiger partial charge in [0.1, 0.15) is 11.8 Å². The summed E-state index contributed by atoms with van der Waals surface area (Å²) in [6, 6.07) is 8.12. The minimum absolute atomic E-state index is 0.0375. The maximum Gasteiger partial charge on any atom is 0.239 e. The summed E-state index contributed by atoms with van der Waals surface area (Å²) in [5, 5.41) is 6.15. The zero-order chi connectivity index (χ0) is 21.1. The first-order valence-electron chi connectivity index (χ1n) is 11.2. The lowest BCUT2D eigenvalue weighted by molar-refractivity contribution is -0.126. The number of likely N-dealkylation sites (N-methyl/N-ethyl adjacent to an activating group) is 1. The van der Waals surface area contributed by atoms with Gasteiger partial charge in [-0.25, -0.2) is 0 Å². The number of hydrogen-bond donors (Lipinski definition) is 2. The van der Waals surface area contributed by atoms with Crippen LogP contribution in [0.25, 0.3) is 0 Å². The highest BCUT2D eigenvalue weighted by atomic mass is 16.5. The number of nitrogens with zero attached hydrogens (tertiary/aromatic N) is 2. The van der Waals surface area contributed by atoms with Crippen LogP contribution in [0.5, 0.6) is 5.75 Å². The minimum Gasteiger partial charge on any atom is -0.497 e. The molecule has 3 aliphatic rings. The molecule has 0 aromatic heterocycles. The van der Waals surface area contributed by atoms with Crippen molar-refractivity contribution in [2.75, 3.05) is 33.8 Å². The third-order valence-corrected chi connectivity index (χ3v) is 6.89. The molecular weight excluding hydrogens is 380 g/mol. The van der Waals surface area contributed by atoms with Gasteiger partial charge in [-0.05, 0) is 56.3 Å². The van der Waals surface area contributed by atoms with E-state index in [0.717, 1.165) is 43.2 Å². The Morgan fingerprint density at radius 3 is 2.70 bits per heavy atom. The van der Waals surface area contributed by atoms with E-state index in [2.05, 4.69) is 27.5 Å². The Kier molecular flexibility index (Phi) is 6.58. The molecule has 30 heavy (non-hydrogen) atoms. The van der Waals surface area contributed by atoms with Crippen LogP contribution >= 0.6 is 0 Å². The third-order valence-electron chi connectivity index (χ3n) is 6.89. The standard InChI is InChI=1S/C23H34N4O3/c1-26-18(7-10-21(28)24-13-16-5-8-19(30-2)9-6-16)14-25-23(29)22-20(26)11-12-27(22)15-17-3-4-17/h5-6,8-9,17-18,20,22H,3-4,7,10-15H2,1-2H3,(H,24,28)(H,25,29)/t18-,20-,22-/m0/s1. The van der Waals surface area contributed by atoms with Gasteiger partial charge in [-0.1, -0.05) is 12.1 Å². The number of rotatable bonds is 8. The van der Waals surface area contributed by atoms with Crippen molar-refractivity contribution in [1.82, 2.24) is 20.4 Å². The number of methoxy groups -OCH3 is 1. The summed E-state index contributed by atoms with van der Waals surface area (Å²) in [5.74, 6) is 1.81. The first-order chi connectivity index (χ1) is 14.5. The van der Waals surface area contributed by atoms with Crippen molar-refractivity contribution in [3.8, 4) is 5.75 Å². The summed E-state index contributed by atoms with van der Waals surface area (Å²) in [6.45, 7) is 3.19. The number of likely N-dealkylation sites (tertiary alicyclic amines) is 1. The normalized spacial score (nSPS) is 27.3. The number of carbonyl (C=O) groups excluding carboxylic acids is 2. The number of benzene rings is 1. The zero-order valence-electron chi connectivity index (χ0n) is 18.1. The summed E-state index contributed by atoms with van der Waals surface area (Å²) < 4.78 is 5.16. The van der Waals surface area contributed by atoms with E-state index in [1.54, 1.807) is 7.11 Å². The quantitative estimate of drug-likeness (QED) is 0.672. The Balaban J connectivity index is 1.26. The van der Waals surface area contributed by atoms with Crippen LogP contribution in [0.2, 0.25) is 0 Å². The third kappa shape index (κ3) is 4.95. The minimum atomic E-state index is -0.0375. The molecule has 2 aliphatic heterocycles. The fourth-order valence-corrected chi connectivity index (χ4v) is 4.82. The molecule has 1 aromatic rings. The molecule has 164 valence electrons. The summed E-state index contributed by atoms with van der Waals surface area (Å²) in [4.78, 5) is 29.9. The molecule has 2 amide bonds. The molecule has 4 rings (SSSR count). The molecule has 0 unspecified atom stereocenters. The van der Waals surface area contributed by atoms with Gasteiger partial charge in [-0.15, -0.1) is 0 Å². The molecule has 1 aliphatic carbocycles. The molecule has 7 nitrogen and oxygen atoms in total. The lowest BCUT2D eigenvalue weighted by Gasteiger charge is -2.33. The fourth-order valence-electron chi connectivity index (χ4n) is 4.82. The van der Waals surface area contributed by atoms with Crippen LogP contribution in [0.4, 0.5) is 0 Å². The number of carbonyl (C=O) groups is 2. The average Bonchev–Trinajstić information content (AvgIpc) is 3.49. The second-order valence-corrected chi connectivity index (χ2v) is 8.97. The Labute approximate surface area is 179 Å². The van der Waals surface area contributed by atoms with E-state index in [0.29, 0.717) is 19.5 Å². The monoisotopic (exact) mass is 414 g/mol. The first-order valence-corrected chi connectivity index (χ1v) is 11.2. The van der Waals surface area contributed by atoms with E-state index in [1.807, 2.05) is 24.3 Å². The van der Waals surface area contributed by atoms with Crippen LogP contribution in [0.1, 0.15) is 37.7 Å². The van der Waals surface area contributed by atoms with E-state index in [1.165, 1.54) is 12.8 Å². The highest BCUT2D eigenvalue weighted by Gasteiger charge is 2.46. The van der Waals surface area contributed by atoms with E-state index in [9.17, 15) is 9.59 Å². The largest absolute Gasteiger partial charge is 0.497 e. The molecule has 1 saturated carbocycles. The van der Waals surface area contributed by atoms with Crippen LogP contribution < -0.4 is 15.4 Å². The Bertz CT molecular complexity index is 749. The van der Waals surface area contributed by atoms with Crippen molar-refractivity contribution in [2.24, 2.45) is 5.92 Å². The first kappa shape index (κ1) is 21.1. The molecule has 3 atom stereocenters. The van der Waals surface area contributed by atoms with Gasteiger partial charge in [-0.2, -0.15) is 0 Å². The number of hydrogen-bond acceptors (Lipinski definition) is 5. The van der Waals surface area contributed by atoms with Crippen molar-refractivity contribution in [3.63, 3.8) is 0 Å². The van der Waals surface area contributed by atoms with Crippen LogP contribution in [0, 0.1) is 5.92 Å². The Hall–Kier alpha value is -2.12. The topological polar surface area (TPSA) is 73.9 Å². The molecule has 0 radical (unpaired) electrons. The number of nitrogens with one attached hydrogen (secondary N) is 2. The van der Waals surface area contributed by atoms with E-state index in [4.69, 9.17) is 4.74 Å². The fraction of sp³-hybridized carbons (Fsp3) is 0.652. The molecular formula is C23H34N4O3. The van der Waals surface area contributed by atoms with E-state index >= 15 is 0 Å². The zero-order valence-corrected chi connectivity index (χ0v) is 18.1. The van der Waals surface area contributed by atoms with Crippen molar-refractivity contribution in [3.05, 3.63) is 29.8 Å². The van der Waals surface area contributed by atoms with Crippen LogP contribution in [-0.2, 0) is 16.1 Å². The molecule has 2 saturated heterocycles. The second kappa shape index (κ2) is 9.35. The molecule has 2 N–H and O–H groups in total. The van der Waals surface area contributed by atoms with Gasteiger partial charge in [0.15, 0.2) is 0 Å². The van der Waals surface area contributed by atoms with Gasteiger partial charge in [0.05, 0.1) is 7.11 Å². The predicted molar refractivity (Wildman–Crippen MR) is 115 cm³/mol. The molecule has 0 bridgehead atoms. The SMILES string of the molecule is COc1ccc(CNC(=O)CC[C@H]2CNC(=O)[C@@H]3[C@H](CCN3CC3CC3)N2C)cc1. The maximum absolute atomic E-state index is 12.8. The van der Waals surface area contributed by atoms with Crippen LogP contribution in [0.15, 0.2) is 24.3 Å². The van der Waals surface area contributed by atoms with Crippen molar-refractivity contribution in [1.29, 1.82) is 0 Å². The summed E-state index contributed by atoms with van der Waals surface area (Å²) in [6.07, 6.45) is 4.85. The van der Waals surface area contributed by atoms with E-state index in [-0.39, 0.29) is 29.9 Å². The highest BCUT2D eigenvalue weighted by Crippen LogP contribution is 2.34. The lowest BCUT2D eigenvalue weighted by Crippen LogP contribution is -2.50. The molecule has 2 heterocycles. The predicted octanol–water partition coefficient (Wildman–Crippen LogP) is 1.37. The molecule has 7 heteroatoms. The van der Waals surface area contributed by atoms with Gasteiger partial charge in [0, 0.05) is 44.7 Å². The molecule has 1 aromatic carbocycles. The Morgan fingerprint density at radius 1 is 1.23 bits per heavy atom. The smallest absolute Gasteiger partial charge is 0.239 e.